The van der Waals surface area contributed by atoms with Crippen LogP contribution in [0.5, 0.6) is 11.5 Å². The van der Waals surface area contributed by atoms with E-state index < -0.39 is 11.6 Å². The molecule has 0 unspecified atom stereocenters. The average Bonchev–Trinajstić information content (AvgIpc) is 2.55. The van der Waals surface area contributed by atoms with E-state index in [2.05, 4.69) is 5.32 Å². The van der Waals surface area contributed by atoms with Gasteiger partial charge in [-0.2, -0.15) is 0 Å². The van der Waals surface area contributed by atoms with E-state index in [0.717, 1.165) is 23.4 Å². The number of benzene rings is 2. The normalized spacial score (nSPS) is 10.2. The zero-order chi connectivity index (χ0) is 16.7. The van der Waals surface area contributed by atoms with Crippen LogP contribution in [0.4, 0.5) is 8.78 Å². The van der Waals surface area contributed by atoms with E-state index in [-0.39, 0.29) is 31.2 Å². The van der Waals surface area contributed by atoms with E-state index >= 15 is 0 Å². The van der Waals surface area contributed by atoms with E-state index in [9.17, 15) is 13.6 Å². The highest BCUT2D eigenvalue weighted by Gasteiger charge is 2.05. The number of methoxy groups -OCH3 is 1. The number of nitrogens with one attached hydrogen (secondary N) is 1. The third kappa shape index (κ3) is 5.25. The van der Waals surface area contributed by atoms with Crippen molar-refractivity contribution in [2.75, 3.05) is 20.3 Å². The minimum Gasteiger partial charge on any atom is -0.497 e. The summed E-state index contributed by atoms with van der Waals surface area (Å²) < 4.78 is 36.0. The van der Waals surface area contributed by atoms with Crippen molar-refractivity contribution in [2.24, 2.45) is 0 Å². The SMILES string of the molecule is COc1ccc(CC(=O)NCCOc2ccc(F)c(F)c2)cc1. The van der Waals surface area contributed by atoms with Crippen LogP contribution >= 0.6 is 0 Å². The molecule has 0 fully saturated rings. The number of halogens is 2. The zero-order valence-electron chi connectivity index (χ0n) is 12.6. The van der Waals surface area contributed by atoms with Crippen LogP contribution in [0.1, 0.15) is 5.56 Å². The summed E-state index contributed by atoms with van der Waals surface area (Å²) in [6, 6.07) is 10.5. The van der Waals surface area contributed by atoms with Gasteiger partial charge in [-0.05, 0) is 29.8 Å². The molecule has 2 aromatic rings. The van der Waals surface area contributed by atoms with Gasteiger partial charge >= 0.3 is 0 Å². The van der Waals surface area contributed by atoms with Crippen molar-refractivity contribution >= 4 is 5.91 Å². The molecule has 0 aliphatic heterocycles. The third-order valence-electron chi connectivity index (χ3n) is 3.11. The molecule has 0 spiro atoms. The summed E-state index contributed by atoms with van der Waals surface area (Å²) >= 11 is 0. The highest BCUT2D eigenvalue weighted by Crippen LogP contribution is 2.15. The first-order chi connectivity index (χ1) is 11.1. The summed E-state index contributed by atoms with van der Waals surface area (Å²) in [6.45, 7) is 0.438. The monoisotopic (exact) mass is 321 g/mol. The van der Waals surface area contributed by atoms with E-state index in [1.165, 1.54) is 6.07 Å². The molecule has 0 aromatic heterocycles. The van der Waals surface area contributed by atoms with Crippen LogP contribution in [-0.2, 0) is 11.2 Å². The maximum absolute atomic E-state index is 13.0. The molecule has 2 aromatic carbocycles. The van der Waals surface area contributed by atoms with Gasteiger partial charge in [0.05, 0.1) is 20.1 Å². The van der Waals surface area contributed by atoms with Gasteiger partial charge in [0.2, 0.25) is 5.91 Å². The van der Waals surface area contributed by atoms with Gasteiger partial charge < -0.3 is 14.8 Å². The molecule has 0 radical (unpaired) electrons. The van der Waals surface area contributed by atoms with Gasteiger partial charge in [0.1, 0.15) is 18.1 Å². The predicted octanol–water partition coefficient (Wildman–Crippen LogP) is 2.71. The second-order valence-electron chi connectivity index (χ2n) is 4.80. The first-order valence-electron chi connectivity index (χ1n) is 7.06. The molecule has 1 amide bonds. The second kappa shape index (κ2) is 8.12. The topological polar surface area (TPSA) is 47.6 Å². The van der Waals surface area contributed by atoms with Crippen molar-refractivity contribution in [3.8, 4) is 11.5 Å². The Morgan fingerprint density at radius 2 is 1.74 bits per heavy atom. The molecule has 0 heterocycles. The van der Waals surface area contributed by atoms with Crippen LogP contribution in [0.3, 0.4) is 0 Å². The zero-order valence-corrected chi connectivity index (χ0v) is 12.6. The van der Waals surface area contributed by atoms with Crippen molar-refractivity contribution in [3.63, 3.8) is 0 Å². The van der Waals surface area contributed by atoms with Crippen LogP contribution in [0.2, 0.25) is 0 Å². The lowest BCUT2D eigenvalue weighted by atomic mass is 10.1. The Kier molecular flexibility index (Phi) is 5.91. The molecule has 0 aliphatic carbocycles. The second-order valence-corrected chi connectivity index (χ2v) is 4.80. The number of amides is 1. The molecule has 0 saturated carbocycles. The molecule has 4 nitrogen and oxygen atoms in total. The Hall–Kier alpha value is -2.63. The van der Waals surface area contributed by atoms with Gasteiger partial charge in [0.25, 0.3) is 0 Å². The minimum atomic E-state index is -0.967. The fourth-order valence-corrected chi connectivity index (χ4v) is 1.92. The maximum Gasteiger partial charge on any atom is 0.224 e. The summed E-state index contributed by atoms with van der Waals surface area (Å²) in [7, 11) is 1.58. The number of ether oxygens (including phenoxy) is 2. The summed E-state index contributed by atoms with van der Waals surface area (Å²) in [5.74, 6) is -1.09. The van der Waals surface area contributed by atoms with E-state index in [0.29, 0.717) is 0 Å². The van der Waals surface area contributed by atoms with Crippen molar-refractivity contribution in [1.82, 2.24) is 5.32 Å². The van der Waals surface area contributed by atoms with Gasteiger partial charge in [-0.15, -0.1) is 0 Å². The minimum absolute atomic E-state index is 0.149. The Morgan fingerprint density at radius 3 is 2.39 bits per heavy atom. The van der Waals surface area contributed by atoms with Gasteiger partial charge in [-0.3, -0.25) is 4.79 Å². The van der Waals surface area contributed by atoms with E-state index in [1.807, 2.05) is 12.1 Å². The molecule has 2 rings (SSSR count). The molecule has 1 N–H and O–H groups in total. The van der Waals surface area contributed by atoms with Gasteiger partial charge in [0.15, 0.2) is 11.6 Å². The summed E-state index contributed by atoms with van der Waals surface area (Å²) in [5, 5.41) is 2.69. The average molecular weight is 321 g/mol. The molecule has 0 atom stereocenters. The molecule has 23 heavy (non-hydrogen) atoms. The van der Waals surface area contributed by atoms with Crippen molar-refractivity contribution in [2.45, 2.75) is 6.42 Å². The number of rotatable bonds is 7. The third-order valence-corrected chi connectivity index (χ3v) is 3.11. The standard InChI is InChI=1S/C17H17F2NO3/c1-22-13-4-2-12(3-5-13)10-17(21)20-8-9-23-14-6-7-15(18)16(19)11-14/h2-7,11H,8-10H2,1H3,(H,20,21). The van der Waals surface area contributed by atoms with E-state index in [1.54, 1.807) is 19.2 Å². The first-order valence-corrected chi connectivity index (χ1v) is 7.06. The first kappa shape index (κ1) is 16.7. The fourth-order valence-electron chi connectivity index (χ4n) is 1.92. The number of hydrogen-bond donors (Lipinski definition) is 1. The Morgan fingerprint density at radius 1 is 1.04 bits per heavy atom. The van der Waals surface area contributed by atoms with Gasteiger partial charge in [-0.25, -0.2) is 8.78 Å². The van der Waals surface area contributed by atoms with Crippen LogP contribution in [0.25, 0.3) is 0 Å². The summed E-state index contributed by atoms with van der Waals surface area (Å²) in [5.41, 5.74) is 0.866. The van der Waals surface area contributed by atoms with Gasteiger partial charge in [0, 0.05) is 6.07 Å². The van der Waals surface area contributed by atoms with E-state index in [4.69, 9.17) is 9.47 Å². The predicted molar refractivity (Wildman–Crippen MR) is 81.6 cm³/mol. The molecule has 0 saturated heterocycles. The Labute approximate surface area is 133 Å². The maximum atomic E-state index is 13.0. The fraction of sp³-hybridized carbons (Fsp3) is 0.235. The lowest BCUT2D eigenvalue weighted by Crippen LogP contribution is -2.29. The lowest BCUT2D eigenvalue weighted by molar-refractivity contribution is -0.120. The lowest BCUT2D eigenvalue weighted by Gasteiger charge is -2.08. The molecule has 0 bridgehead atoms. The van der Waals surface area contributed by atoms with Crippen LogP contribution in [-0.4, -0.2) is 26.2 Å². The highest BCUT2D eigenvalue weighted by atomic mass is 19.2. The smallest absolute Gasteiger partial charge is 0.224 e. The molecule has 6 heteroatoms. The summed E-state index contributed by atoms with van der Waals surface area (Å²) in [6.07, 6.45) is 0.245. The number of hydrogen-bond acceptors (Lipinski definition) is 3. The molecular weight excluding hydrogens is 304 g/mol. The van der Waals surface area contributed by atoms with Crippen LogP contribution in [0.15, 0.2) is 42.5 Å². The van der Waals surface area contributed by atoms with Crippen LogP contribution in [0, 0.1) is 11.6 Å². The van der Waals surface area contributed by atoms with Gasteiger partial charge in [-0.1, -0.05) is 12.1 Å². The Bertz CT molecular complexity index is 659. The quantitative estimate of drug-likeness (QED) is 0.798. The van der Waals surface area contributed by atoms with Crippen molar-refractivity contribution < 1.29 is 23.0 Å². The molecular formula is C17H17F2NO3. The Balaban J connectivity index is 1.70. The largest absolute Gasteiger partial charge is 0.497 e. The van der Waals surface area contributed by atoms with Crippen LogP contribution < -0.4 is 14.8 Å². The highest BCUT2D eigenvalue weighted by molar-refractivity contribution is 5.78. The molecule has 0 aliphatic rings. The number of carbonyl (C=O) groups excluding carboxylic acids is 1. The summed E-state index contributed by atoms with van der Waals surface area (Å²) in [4.78, 5) is 11.8. The number of carbonyl (C=O) groups is 1. The van der Waals surface area contributed by atoms with Crippen molar-refractivity contribution in [1.29, 1.82) is 0 Å². The van der Waals surface area contributed by atoms with Crippen molar-refractivity contribution in [3.05, 3.63) is 59.7 Å². The molecule has 122 valence electrons.